The van der Waals surface area contributed by atoms with Crippen molar-refractivity contribution in [2.75, 3.05) is 0 Å². The SMILES string of the molecule is CC(C)NC(=O)C(C)Cc1ccccc1C1(N)CC1. The summed E-state index contributed by atoms with van der Waals surface area (Å²) in [7, 11) is 0. The number of benzene rings is 1. The van der Waals surface area contributed by atoms with Crippen molar-refractivity contribution in [3.63, 3.8) is 0 Å². The first-order valence-corrected chi connectivity index (χ1v) is 7.10. The number of nitrogens with one attached hydrogen (secondary N) is 1. The Morgan fingerprint density at radius 1 is 1.32 bits per heavy atom. The van der Waals surface area contributed by atoms with Gasteiger partial charge in [0.1, 0.15) is 0 Å². The number of hydrogen-bond donors (Lipinski definition) is 2. The van der Waals surface area contributed by atoms with Crippen molar-refractivity contribution in [2.45, 2.75) is 51.6 Å². The van der Waals surface area contributed by atoms with E-state index >= 15 is 0 Å². The van der Waals surface area contributed by atoms with E-state index in [2.05, 4.69) is 17.4 Å². The van der Waals surface area contributed by atoms with Crippen LogP contribution in [0.3, 0.4) is 0 Å². The van der Waals surface area contributed by atoms with Gasteiger partial charge < -0.3 is 11.1 Å². The third-order valence-electron chi connectivity index (χ3n) is 3.75. The molecule has 0 bridgehead atoms. The van der Waals surface area contributed by atoms with Gasteiger partial charge in [-0.25, -0.2) is 0 Å². The van der Waals surface area contributed by atoms with E-state index in [9.17, 15) is 4.79 Å². The number of rotatable bonds is 5. The maximum atomic E-state index is 12.0. The summed E-state index contributed by atoms with van der Waals surface area (Å²) in [5.74, 6) is 0.0950. The summed E-state index contributed by atoms with van der Waals surface area (Å²) >= 11 is 0. The minimum absolute atomic E-state index is 0.0223. The molecule has 0 saturated heterocycles. The van der Waals surface area contributed by atoms with Crippen LogP contribution >= 0.6 is 0 Å². The maximum absolute atomic E-state index is 12.0. The highest BCUT2D eigenvalue weighted by molar-refractivity contribution is 5.78. The Morgan fingerprint density at radius 3 is 2.53 bits per heavy atom. The Kier molecular flexibility index (Phi) is 3.95. The lowest BCUT2D eigenvalue weighted by molar-refractivity contribution is -0.124. The van der Waals surface area contributed by atoms with Crippen molar-refractivity contribution in [3.8, 4) is 0 Å². The molecule has 1 unspecified atom stereocenters. The zero-order valence-electron chi connectivity index (χ0n) is 12.1. The molecule has 1 amide bonds. The molecular weight excluding hydrogens is 236 g/mol. The minimum Gasteiger partial charge on any atom is -0.354 e. The predicted octanol–water partition coefficient (Wildman–Crippen LogP) is 2.34. The van der Waals surface area contributed by atoms with Crippen LogP contribution in [0.5, 0.6) is 0 Å². The Labute approximate surface area is 115 Å². The molecule has 3 nitrogen and oxygen atoms in total. The smallest absolute Gasteiger partial charge is 0.223 e. The van der Waals surface area contributed by atoms with Crippen LogP contribution in [0.25, 0.3) is 0 Å². The Morgan fingerprint density at radius 2 is 1.95 bits per heavy atom. The van der Waals surface area contributed by atoms with Gasteiger partial charge in [-0.1, -0.05) is 31.2 Å². The number of nitrogens with two attached hydrogens (primary N) is 1. The predicted molar refractivity (Wildman–Crippen MR) is 77.7 cm³/mol. The Balaban J connectivity index is 2.09. The van der Waals surface area contributed by atoms with Crippen LogP contribution in [0.15, 0.2) is 24.3 Å². The average molecular weight is 260 g/mol. The van der Waals surface area contributed by atoms with E-state index in [-0.39, 0.29) is 23.4 Å². The number of carbonyl (C=O) groups excluding carboxylic acids is 1. The highest BCUT2D eigenvalue weighted by atomic mass is 16.1. The fourth-order valence-corrected chi connectivity index (χ4v) is 2.44. The molecular formula is C16H24N2O. The molecule has 1 fully saturated rings. The van der Waals surface area contributed by atoms with Crippen LogP contribution in [0, 0.1) is 5.92 Å². The van der Waals surface area contributed by atoms with E-state index in [4.69, 9.17) is 5.73 Å². The van der Waals surface area contributed by atoms with E-state index in [1.165, 1.54) is 11.1 Å². The van der Waals surface area contributed by atoms with Gasteiger partial charge in [0.25, 0.3) is 0 Å². The summed E-state index contributed by atoms with van der Waals surface area (Å²) in [6.45, 7) is 5.94. The lowest BCUT2D eigenvalue weighted by Crippen LogP contribution is -2.35. The average Bonchev–Trinajstić information content (AvgIpc) is 3.08. The lowest BCUT2D eigenvalue weighted by Gasteiger charge is -2.19. The van der Waals surface area contributed by atoms with Gasteiger partial charge in [0, 0.05) is 17.5 Å². The molecule has 1 saturated carbocycles. The van der Waals surface area contributed by atoms with Crippen LogP contribution in [0.2, 0.25) is 0 Å². The summed E-state index contributed by atoms with van der Waals surface area (Å²) in [6, 6.07) is 8.45. The summed E-state index contributed by atoms with van der Waals surface area (Å²) in [4.78, 5) is 12.0. The topological polar surface area (TPSA) is 55.1 Å². The zero-order valence-corrected chi connectivity index (χ0v) is 12.1. The Hall–Kier alpha value is -1.35. The molecule has 2 rings (SSSR count). The van der Waals surface area contributed by atoms with Crippen LogP contribution in [0.4, 0.5) is 0 Å². The van der Waals surface area contributed by atoms with E-state index in [1.54, 1.807) is 0 Å². The Bertz CT molecular complexity index is 464. The van der Waals surface area contributed by atoms with Gasteiger partial charge in [0.15, 0.2) is 0 Å². The van der Waals surface area contributed by atoms with Gasteiger partial charge >= 0.3 is 0 Å². The fourth-order valence-electron chi connectivity index (χ4n) is 2.44. The summed E-state index contributed by atoms with van der Waals surface area (Å²) < 4.78 is 0. The lowest BCUT2D eigenvalue weighted by atomic mass is 9.92. The number of hydrogen-bond acceptors (Lipinski definition) is 2. The van der Waals surface area contributed by atoms with Crippen LogP contribution in [-0.4, -0.2) is 11.9 Å². The quantitative estimate of drug-likeness (QED) is 0.853. The van der Waals surface area contributed by atoms with Crippen molar-refractivity contribution in [1.82, 2.24) is 5.32 Å². The van der Waals surface area contributed by atoms with E-state index in [0.717, 1.165) is 19.3 Å². The molecule has 3 heteroatoms. The van der Waals surface area contributed by atoms with Gasteiger partial charge in [-0.05, 0) is 44.2 Å². The second-order valence-corrected chi connectivity index (χ2v) is 6.08. The second-order valence-electron chi connectivity index (χ2n) is 6.08. The van der Waals surface area contributed by atoms with Crippen LogP contribution < -0.4 is 11.1 Å². The summed E-state index contributed by atoms with van der Waals surface area (Å²) in [6.07, 6.45) is 2.86. The van der Waals surface area contributed by atoms with Crippen molar-refractivity contribution >= 4 is 5.91 Å². The van der Waals surface area contributed by atoms with Gasteiger partial charge in [-0.15, -0.1) is 0 Å². The molecule has 19 heavy (non-hydrogen) atoms. The van der Waals surface area contributed by atoms with Crippen LogP contribution in [-0.2, 0) is 16.8 Å². The summed E-state index contributed by atoms with van der Waals surface area (Å²) in [5, 5.41) is 2.97. The van der Waals surface area contributed by atoms with E-state index < -0.39 is 0 Å². The molecule has 0 aliphatic heterocycles. The number of carbonyl (C=O) groups is 1. The van der Waals surface area contributed by atoms with Gasteiger partial charge in [-0.3, -0.25) is 4.79 Å². The van der Waals surface area contributed by atoms with Crippen molar-refractivity contribution in [1.29, 1.82) is 0 Å². The molecule has 0 aromatic heterocycles. The summed E-state index contributed by atoms with van der Waals surface area (Å²) in [5.41, 5.74) is 8.60. The van der Waals surface area contributed by atoms with Crippen molar-refractivity contribution in [3.05, 3.63) is 35.4 Å². The van der Waals surface area contributed by atoms with Gasteiger partial charge in [0.2, 0.25) is 5.91 Å². The van der Waals surface area contributed by atoms with Crippen molar-refractivity contribution < 1.29 is 4.79 Å². The molecule has 1 aromatic carbocycles. The molecule has 1 aliphatic rings. The minimum atomic E-state index is -0.134. The first kappa shape index (κ1) is 14.1. The van der Waals surface area contributed by atoms with Gasteiger partial charge in [0.05, 0.1) is 0 Å². The van der Waals surface area contributed by atoms with Gasteiger partial charge in [-0.2, -0.15) is 0 Å². The largest absolute Gasteiger partial charge is 0.354 e. The highest BCUT2D eigenvalue weighted by Gasteiger charge is 2.41. The van der Waals surface area contributed by atoms with E-state index in [1.807, 2.05) is 32.9 Å². The molecule has 1 aliphatic carbocycles. The number of amides is 1. The van der Waals surface area contributed by atoms with Crippen molar-refractivity contribution in [2.24, 2.45) is 11.7 Å². The molecule has 0 radical (unpaired) electrons. The fraction of sp³-hybridized carbons (Fsp3) is 0.562. The highest BCUT2D eigenvalue weighted by Crippen LogP contribution is 2.44. The van der Waals surface area contributed by atoms with E-state index in [0.29, 0.717) is 0 Å². The molecule has 0 heterocycles. The first-order chi connectivity index (χ1) is 8.92. The monoisotopic (exact) mass is 260 g/mol. The molecule has 0 spiro atoms. The third-order valence-corrected chi connectivity index (χ3v) is 3.75. The zero-order chi connectivity index (χ0) is 14.0. The van der Waals surface area contributed by atoms with Crippen LogP contribution in [0.1, 0.15) is 44.7 Å². The molecule has 104 valence electrons. The molecule has 1 atom stereocenters. The maximum Gasteiger partial charge on any atom is 0.223 e. The third kappa shape index (κ3) is 3.35. The standard InChI is InChI=1S/C16H24N2O/c1-11(2)18-15(19)12(3)10-13-6-4-5-7-14(13)16(17)8-9-16/h4-7,11-12H,8-10,17H2,1-3H3,(H,18,19). The molecule has 1 aromatic rings. The normalized spacial score (nSPS) is 18.2. The second kappa shape index (κ2) is 5.33. The first-order valence-electron chi connectivity index (χ1n) is 7.10. The molecule has 3 N–H and O–H groups in total.